The first-order valence-corrected chi connectivity index (χ1v) is 5.37. The molecule has 1 aliphatic rings. The van der Waals surface area contributed by atoms with E-state index in [1.165, 1.54) is 16.3 Å². The van der Waals surface area contributed by atoms with E-state index in [0.717, 1.165) is 4.90 Å². The van der Waals surface area contributed by atoms with E-state index in [2.05, 4.69) is 5.32 Å². The Hall–Kier alpha value is -1.49. The van der Waals surface area contributed by atoms with Crippen molar-refractivity contribution in [2.45, 2.75) is 4.90 Å². The maximum Gasteiger partial charge on any atom is 0.322 e. The highest BCUT2D eigenvalue weighted by molar-refractivity contribution is 7.97. The van der Waals surface area contributed by atoms with Gasteiger partial charge in [-0.1, -0.05) is 18.2 Å². The van der Waals surface area contributed by atoms with Gasteiger partial charge in [0.15, 0.2) is 0 Å². The zero-order valence-electron chi connectivity index (χ0n) is 7.97. The van der Waals surface area contributed by atoms with Crippen LogP contribution in [0.25, 0.3) is 0 Å². The molecule has 1 aliphatic heterocycles. The van der Waals surface area contributed by atoms with E-state index in [1.54, 1.807) is 0 Å². The van der Waals surface area contributed by atoms with Crippen molar-refractivity contribution in [3.8, 4) is 0 Å². The van der Waals surface area contributed by atoms with E-state index >= 15 is 0 Å². The van der Waals surface area contributed by atoms with Crippen LogP contribution in [0, 0.1) is 0 Å². The fraction of sp³-hybridized carbons (Fsp3) is 0.200. The van der Waals surface area contributed by atoms with Crippen LogP contribution in [0.3, 0.4) is 0 Å². The van der Waals surface area contributed by atoms with Crippen LogP contribution < -0.4 is 5.32 Å². The fourth-order valence-electron chi connectivity index (χ4n) is 1.26. The molecule has 0 saturated carbocycles. The number of hydrogen-bond donors (Lipinski definition) is 1. The molecule has 0 aromatic heterocycles. The monoisotopic (exact) mass is 222 g/mol. The van der Waals surface area contributed by atoms with Crippen LogP contribution in [-0.2, 0) is 9.59 Å². The Balaban J connectivity index is 2.06. The summed E-state index contributed by atoms with van der Waals surface area (Å²) in [7, 11) is 0. The third-order valence-electron chi connectivity index (χ3n) is 1.98. The summed E-state index contributed by atoms with van der Waals surface area (Å²) in [5.74, 6) is -1.00. The molecule has 0 unspecified atom stereocenters. The van der Waals surface area contributed by atoms with Gasteiger partial charge in [0.2, 0.25) is 0 Å². The highest BCUT2D eigenvalue weighted by Gasteiger charge is 2.26. The molecule has 78 valence electrons. The molecule has 0 atom stereocenters. The van der Waals surface area contributed by atoms with Crippen molar-refractivity contribution in [1.29, 1.82) is 0 Å². The summed E-state index contributed by atoms with van der Waals surface area (Å²) < 4.78 is 1.48. The normalized spacial score (nSPS) is 16.4. The van der Waals surface area contributed by atoms with Crippen molar-refractivity contribution >= 4 is 23.8 Å². The van der Waals surface area contributed by atoms with E-state index in [9.17, 15) is 9.59 Å². The smallest absolute Gasteiger partial charge is 0.322 e. The lowest BCUT2D eigenvalue weighted by atomic mass is 10.4. The summed E-state index contributed by atoms with van der Waals surface area (Å²) in [6.45, 7) is 1.06. The number of piperazine rings is 1. The number of rotatable bonds is 2. The van der Waals surface area contributed by atoms with Crippen LogP contribution in [-0.4, -0.2) is 29.2 Å². The summed E-state index contributed by atoms with van der Waals surface area (Å²) in [5, 5.41) is 2.50. The van der Waals surface area contributed by atoms with Gasteiger partial charge in [-0.25, -0.2) is 0 Å². The van der Waals surface area contributed by atoms with E-state index < -0.39 is 11.8 Å². The van der Waals surface area contributed by atoms with Crippen LogP contribution in [0.2, 0.25) is 0 Å². The summed E-state index contributed by atoms with van der Waals surface area (Å²) in [5.41, 5.74) is 0. The fourth-order valence-corrected chi connectivity index (χ4v) is 2.14. The molecular weight excluding hydrogens is 212 g/mol. The first kappa shape index (κ1) is 10.0. The predicted molar refractivity (Wildman–Crippen MR) is 57.0 cm³/mol. The third-order valence-corrected chi connectivity index (χ3v) is 3.03. The van der Waals surface area contributed by atoms with E-state index in [1.807, 2.05) is 30.3 Å². The minimum Gasteiger partial charge on any atom is -0.346 e. The van der Waals surface area contributed by atoms with Crippen molar-refractivity contribution in [2.24, 2.45) is 0 Å². The maximum atomic E-state index is 11.4. The lowest BCUT2D eigenvalue weighted by molar-refractivity contribution is -0.144. The average Bonchev–Trinajstić information content (AvgIpc) is 2.26. The standard InChI is InChI=1S/C10H10N2O2S/c13-9-10(14)12(7-6-11-9)15-8-4-2-1-3-5-8/h1-5H,6-7H2,(H,11,13). The van der Waals surface area contributed by atoms with Gasteiger partial charge in [-0.15, -0.1) is 0 Å². The quantitative estimate of drug-likeness (QED) is 0.590. The Labute approximate surface area is 91.8 Å². The highest BCUT2D eigenvalue weighted by atomic mass is 32.2. The SMILES string of the molecule is O=C1NCCN(Sc2ccccc2)C1=O. The zero-order chi connectivity index (χ0) is 10.7. The molecule has 0 spiro atoms. The molecule has 5 heteroatoms. The van der Waals surface area contributed by atoms with E-state index in [0.29, 0.717) is 13.1 Å². The van der Waals surface area contributed by atoms with E-state index in [-0.39, 0.29) is 0 Å². The number of nitrogens with one attached hydrogen (secondary N) is 1. The molecule has 15 heavy (non-hydrogen) atoms. The molecule has 2 amide bonds. The van der Waals surface area contributed by atoms with Crippen LogP contribution in [0.1, 0.15) is 0 Å². The highest BCUT2D eigenvalue weighted by Crippen LogP contribution is 2.22. The van der Waals surface area contributed by atoms with Gasteiger partial charge >= 0.3 is 11.8 Å². The second-order valence-corrected chi connectivity index (χ2v) is 4.16. The Morgan fingerprint density at radius 2 is 1.93 bits per heavy atom. The topological polar surface area (TPSA) is 49.4 Å². The molecule has 1 heterocycles. The zero-order valence-corrected chi connectivity index (χ0v) is 8.79. The van der Waals surface area contributed by atoms with Gasteiger partial charge in [-0.05, 0) is 24.1 Å². The molecular formula is C10H10N2O2S. The van der Waals surface area contributed by atoms with Gasteiger partial charge < -0.3 is 5.32 Å². The second-order valence-electron chi connectivity index (χ2n) is 3.07. The Morgan fingerprint density at radius 1 is 1.20 bits per heavy atom. The minimum atomic E-state index is -0.523. The molecule has 1 fully saturated rings. The number of hydrogen-bond acceptors (Lipinski definition) is 3. The van der Waals surface area contributed by atoms with Gasteiger partial charge in [0, 0.05) is 11.4 Å². The van der Waals surface area contributed by atoms with Gasteiger partial charge in [-0.3, -0.25) is 13.9 Å². The van der Waals surface area contributed by atoms with Crippen molar-refractivity contribution in [2.75, 3.05) is 13.1 Å². The number of benzene rings is 1. The lowest BCUT2D eigenvalue weighted by Crippen LogP contribution is -2.49. The summed E-state index contributed by atoms with van der Waals surface area (Å²) in [6, 6.07) is 9.53. The Kier molecular flexibility index (Phi) is 2.91. The first-order valence-electron chi connectivity index (χ1n) is 4.60. The summed E-state index contributed by atoms with van der Waals surface area (Å²) in [4.78, 5) is 23.5. The van der Waals surface area contributed by atoms with Crippen molar-refractivity contribution in [1.82, 2.24) is 9.62 Å². The number of carbonyl (C=O) groups is 2. The van der Waals surface area contributed by atoms with Crippen molar-refractivity contribution in [3.05, 3.63) is 30.3 Å². The van der Waals surface area contributed by atoms with Gasteiger partial charge in [-0.2, -0.15) is 0 Å². The molecule has 1 saturated heterocycles. The Bertz CT molecular complexity index is 380. The molecule has 0 bridgehead atoms. The van der Waals surface area contributed by atoms with Crippen LogP contribution >= 0.6 is 11.9 Å². The molecule has 1 aromatic rings. The first-order chi connectivity index (χ1) is 7.27. The third kappa shape index (κ3) is 2.30. The summed E-state index contributed by atoms with van der Waals surface area (Å²) >= 11 is 1.30. The van der Waals surface area contributed by atoms with Gasteiger partial charge in [0.1, 0.15) is 0 Å². The largest absolute Gasteiger partial charge is 0.346 e. The van der Waals surface area contributed by atoms with Crippen molar-refractivity contribution in [3.63, 3.8) is 0 Å². The second kappa shape index (κ2) is 4.35. The lowest BCUT2D eigenvalue weighted by Gasteiger charge is -2.24. The molecule has 0 radical (unpaired) electrons. The van der Waals surface area contributed by atoms with Gasteiger partial charge in [0.05, 0.1) is 6.54 Å². The number of carbonyl (C=O) groups excluding carboxylic acids is 2. The minimum absolute atomic E-state index is 0.477. The number of amides is 2. The maximum absolute atomic E-state index is 11.4. The van der Waals surface area contributed by atoms with E-state index in [4.69, 9.17) is 0 Å². The van der Waals surface area contributed by atoms with Gasteiger partial charge in [0.25, 0.3) is 0 Å². The van der Waals surface area contributed by atoms with Crippen LogP contribution in [0.4, 0.5) is 0 Å². The summed E-state index contributed by atoms with van der Waals surface area (Å²) in [6.07, 6.45) is 0. The van der Waals surface area contributed by atoms with Crippen molar-refractivity contribution < 1.29 is 9.59 Å². The predicted octanol–water partition coefficient (Wildman–Crippen LogP) is 0.652. The molecule has 4 nitrogen and oxygen atoms in total. The number of nitrogens with zero attached hydrogens (tertiary/aromatic N) is 1. The molecule has 1 aromatic carbocycles. The van der Waals surface area contributed by atoms with Crippen LogP contribution in [0.5, 0.6) is 0 Å². The van der Waals surface area contributed by atoms with Crippen LogP contribution in [0.15, 0.2) is 35.2 Å². The Morgan fingerprint density at radius 3 is 2.67 bits per heavy atom. The average molecular weight is 222 g/mol. The molecule has 0 aliphatic carbocycles. The molecule has 2 rings (SSSR count). The molecule has 1 N–H and O–H groups in total.